The fourth-order valence-corrected chi connectivity index (χ4v) is 4.25. The second-order valence-corrected chi connectivity index (χ2v) is 9.64. The second-order valence-electron chi connectivity index (χ2n) is 8.70. The molecule has 3 N–H and O–H groups in total. The normalized spacial score (nSPS) is 13.0. The second kappa shape index (κ2) is 9.07. The van der Waals surface area contributed by atoms with Gasteiger partial charge in [0.25, 0.3) is 11.8 Å². The van der Waals surface area contributed by atoms with Gasteiger partial charge in [0.15, 0.2) is 0 Å². The Balaban J connectivity index is 1.62. The number of thiophene rings is 1. The number of nitrogens with one attached hydrogen (secondary N) is 3. The molecule has 2 aromatic carbocycles. The van der Waals surface area contributed by atoms with Crippen molar-refractivity contribution < 1.29 is 19.1 Å². The van der Waals surface area contributed by atoms with Crippen LogP contribution in [0.4, 0.5) is 16.2 Å². The molecule has 0 unspecified atom stereocenters. The lowest BCUT2D eigenvalue weighted by Gasteiger charge is -2.21. The largest absolute Gasteiger partial charge is 0.444 e. The van der Waals surface area contributed by atoms with Gasteiger partial charge in [-0.15, -0.1) is 11.3 Å². The van der Waals surface area contributed by atoms with Crippen molar-refractivity contribution in [1.82, 2.24) is 5.32 Å². The monoisotopic (exact) mass is 463 g/mol. The molecule has 8 heteroatoms. The number of anilines is 2. The molecule has 0 bridgehead atoms. The van der Waals surface area contributed by atoms with Crippen LogP contribution in [0.5, 0.6) is 0 Å². The van der Waals surface area contributed by atoms with Crippen molar-refractivity contribution in [3.8, 4) is 10.4 Å². The van der Waals surface area contributed by atoms with Crippen molar-refractivity contribution in [2.24, 2.45) is 0 Å². The molecule has 3 amide bonds. The van der Waals surface area contributed by atoms with Gasteiger partial charge in [-0.1, -0.05) is 12.1 Å². The Morgan fingerprint density at radius 3 is 2.58 bits per heavy atom. The van der Waals surface area contributed by atoms with Crippen LogP contribution in [0.25, 0.3) is 10.4 Å². The fraction of sp³-hybridized carbons (Fsp3) is 0.240. The number of hydrogen-bond donors (Lipinski definition) is 3. The van der Waals surface area contributed by atoms with E-state index in [0.717, 1.165) is 16.0 Å². The molecule has 4 rings (SSSR count). The zero-order valence-corrected chi connectivity index (χ0v) is 19.5. The van der Waals surface area contributed by atoms with Gasteiger partial charge < -0.3 is 15.4 Å². The summed E-state index contributed by atoms with van der Waals surface area (Å²) in [5.74, 6) is -0.463. The Bertz CT molecular complexity index is 1210. The van der Waals surface area contributed by atoms with E-state index in [2.05, 4.69) is 16.0 Å². The SMILES string of the molecule is CC(C)(C)OC(=O)Nc1ccc(-c2cccs2)cc1NC(=O)c1ccc2c(c1)CCNC2=O. The quantitative estimate of drug-likeness (QED) is 0.489. The standard InChI is InChI=1S/C25H25N3O4S/c1-25(2,3)32-24(31)28-19-9-7-16(21-5-4-12-33-21)14-20(19)27-22(29)17-6-8-18-15(13-17)10-11-26-23(18)30/h4-9,12-14H,10-11H2,1-3H3,(H,26,30)(H,27,29)(H,28,31). The molecular weight excluding hydrogens is 438 g/mol. The predicted molar refractivity (Wildman–Crippen MR) is 130 cm³/mol. The van der Waals surface area contributed by atoms with Crippen LogP contribution in [0.1, 0.15) is 47.1 Å². The maximum atomic E-state index is 13.1. The lowest BCUT2D eigenvalue weighted by Crippen LogP contribution is -2.32. The van der Waals surface area contributed by atoms with Crippen LogP contribution in [0, 0.1) is 0 Å². The first-order chi connectivity index (χ1) is 15.7. The Morgan fingerprint density at radius 2 is 1.85 bits per heavy atom. The lowest BCUT2D eigenvalue weighted by atomic mass is 9.97. The van der Waals surface area contributed by atoms with E-state index in [1.54, 1.807) is 56.4 Å². The molecule has 1 aliphatic rings. The van der Waals surface area contributed by atoms with Crippen molar-refractivity contribution in [2.75, 3.05) is 17.2 Å². The zero-order valence-electron chi connectivity index (χ0n) is 18.7. The van der Waals surface area contributed by atoms with E-state index in [1.165, 1.54) is 0 Å². The molecule has 1 aromatic heterocycles. The number of ether oxygens (including phenoxy) is 1. The summed E-state index contributed by atoms with van der Waals surface area (Å²) in [4.78, 5) is 38.5. The van der Waals surface area contributed by atoms with Gasteiger partial charge in [0.05, 0.1) is 11.4 Å². The van der Waals surface area contributed by atoms with Crippen LogP contribution in [0.15, 0.2) is 53.9 Å². The number of benzene rings is 2. The molecule has 0 radical (unpaired) electrons. The minimum atomic E-state index is -0.653. The highest BCUT2D eigenvalue weighted by Gasteiger charge is 2.21. The van der Waals surface area contributed by atoms with Crippen molar-refractivity contribution in [1.29, 1.82) is 0 Å². The van der Waals surface area contributed by atoms with Gasteiger partial charge in [-0.2, -0.15) is 0 Å². The van der Waals surface area contributed by atoms with E-state index >= 15 is 0 Å². The third-order valence-corrected chi connectivity index (χ3v) is 5.92. The van der Waals surface area contributed by atoms with E-state index in [4.69, 9.17) is 4.74 Å². The molecule has 0 fully saturated rings. The van der Waals surface area contributed by atoms with E-state index in [0.29, 0.717) is 35.5 Å². The Hall–Kier alpha value is -3.65. The third kappa shape index (κ3) is 5.40. The highest BCUT2D eigenvalue weighted by Crippen LogP contribution is 2.32. The zero-order chi connectivity index (χ0) is 23.6. The van der Waals surface area contributed by atoms with Crippen LogP contribution < -0.4 is 16.0 Å². The van der Waals surface area contributed by atoms with Crippen molar-refractivity contribution >= 4 is 40.6 Å². The first-order valence-corrected chi connectivity index (χ1v) is 11.5. The fourth-order valence-electron chi connectivity index (χ4n) is 3.53. The van der Waals surface area contributed by atoms with Crippen LogP contribution in [-0.2, 0) is 11.2 Å². The minimum Gasteiger partial charge on any atom is -0.444 e. The summed E-state index contributed by atoms with van der Waals surface area (Å²) in [7, 11) is 0. The molecule has 2 heterocycles. The first-order valence-electron chi connectivity index (χ1n) is 10.6. The summed E-state index contributed by atoms with van der Waals surface area (Å²) in [5.41, 5.74) is 3.00. The Morgan fingerprint density at radius 1 is 1.03 bits per heavy atom. The van der Waals surface area contributed by atoms with Crippen LogP contribution >= 0.6 is 11.3 Å². The average Bonchev–Trinajstić information content (AvgIpc) is 3.28. The van der Waals surface area contributed by atoms with E-state index in [-0.39, 0.29) is 11.8 Å². The first kappa shape index (κ1) is 22.5. The summed E-state index contributed by atoms with van der Waals surface area (Å²) in [6, 6.07) is 14.4. The van der Waals surface area contributed by atoms with Gasteiger partial charge in [-0.3, -0.25) is 14.9 Å². The van der Waals surface area contributed by atoms with Crippen LogP contribution in [-0.4, -0.2) is 30.1 Å². The molecule has 0 saturated carbocycles. The minimum absolute atomic E-state index is 0.129. The maximum absolute atomic E-state index is 13.1. The highest BCUT2D eigenvalue weighted by molar-refractivity contribution is 7.13. The molecule has 0 spiro atoms. The predicted octanol–water partition coefficient (Wildman–Crippen LogP) is 5.30. The third-order valence-electron chi connectivity index (χ3n) is 5.00. The van der Waals surface area contributed by atoms with Gasteiger partial charge in [-0.05, 0) is 80.1 Å². The van der Waals surface area contributed by atoms with E-state index in [9.17, 15) is 14.4 Å². The Labute approximate surface area is 196 Å². The molecule has 33 heavy (non-hydrogen) atoms. The Kier molecular flexibility index (Phi) is 6.20. The van der Waals surface area contributed by atoms with Crippen molar-refractivity contribution in [3.63, 3.8) is 0 Å². The molecule has 1 aliphatic heterocycles. The number of amides is 3. The summed E-state index contributed by atoms with van der Waals surface area (Å²) in [6.07, 6.45) is 0.0586. The van der Waals surface area contributed by atoms with Crippen molar-refractivity contribution in [2.45, 2.75) is 32.8 Å². The van der Waals surface area contributed by atoms with Gasteiger partial charge in [0.1, 0.15) is 5.60 Å². The number of hydrogen-bond acceptors (Lipinski definition) is 5. The number of carbonyl (C=O) groups excluding carboxylic acids is 3. The van der Waals surface area contributed by atoms with Gasteiger partial charge in [0, 0.05) is 22.5 Å². The van der Waals surface area contributed by atoms with Crippen LogP contribution in [0.2, 0.25) is 0 Å². The summed E-state index contributed by atoms with van der Waals surface area (Å²) in [6.45, 7) is 5.90. The highest BCUT2D eigenvalue weighted by atomic mass is 32.1. The van der Waals surface area contributed by atoms with Gasteiger partial charge >= 0.3 is 6.09 Å². The van der Waals surface area contributed by atoms with E-state index < -0.39 is 11.7 Å². The molecule has 170 valence electrons. The maximum Gasteiger partial charge on any atom is 0.412 e. The topological polar surface area (TPSA) is 96.5 Å². The van der Waals surface area contributed by atoms with Gasteiger partial charge in [-0.25, -0.2) is 4.79 Å². The summed E-state index contributed by atoms with van der Waals surface area (Å²) < 4.78 is 5.36. The summed E-state index contributed by atoms with van der Waals surface area (Å²) >= 11 is 1.58. The van der Waals surface area contributed by atoms with Gasteiger partial charge in [0.2, 0.25) is 0 Å². The number of carbonyl (C=O) groups is 3. The van der Waals surface area contributed by atoms with E-state index in [1.807, 2.05) is 29.6 Å². The molecule has 7 nitrogen and oxygen atoms in total. The summed E-state index contributed by atoms with van der Waals surface area (Å²) in [5, 5.41) is 10.4. The molecule has 3 aromatic rings. The molecule has 0 aliphatic carbocycles. The molecular formula is C25H25N3O4S. The lowest BCUT2D eigenvalue weighted by molar-refractivity contribution is 0.0635. The number of fused-ring (bicyclic) bond motifs is 1. The van der Waals surface area contributed by atoms with Crippen molar-refractivity contribution in [3.05, 3.63) is 70.6 Å². The molecule has 0 atom stereocenters. The van der Waals surface area contributed by atoms with Crippen LogP contribution in [0.3, 0.4) is 0 Å². The smallest absolute Gasteiger partial charge is 0.412 e. The number of rotatable bonds is 4. The molecule has 0 saturated heterocycles. The average molecular weight is 464 g/mol.